The third-order valence-corrected chi connectivity index (χ3v) is 6.20. The minimum atomic E-state index is -0.664. The van der Waals surface area contributed by atoms with Gasteiger partial charge in [0.1, 0.15) is 11.5 Å². The van der Waals surface area contributed by atoms with Crippen molar-refractivity contribution >= 4 is 34.9 Å². The number of carbonyl (C=O) groups excluding carboxylic acids is 1. The number of carbonyl (C=O) groups is 1. The summed E-state index contributed by atoms with van der Waals surface area (Å²) in [5.41, 5.74) is 6.59. The Labute approximate surface area is 207 Å². The third-order valence-electron chi connectivity index (χ3n) is 5.13. The summed E-state index contributed by atoms with van der Waals surface area (Å²) in [6.45, 7) is 4.20. The number of methoxy groups -OCH3 is 1. The van der Waals surface area contributed by atoms with Crippen LogP contribution in [0.15, 0.2) is 81.7 Å². The van der Waals surface area contributed by atoms with Gasteiger partial charge in [-0.15, -0.1) is 18.3 Å². The summed E-state index contributed by atoms with van der Waals surface area (Å²) in [4.78, 5) is 43.1. The molecule has 0 unspecified atom stereocenters. The van der Waals surface area contributed by atoms with Gasteiger partial charge in [-0.1, -0.05) is 48.5 Å². The van der Waals surface area contributed by atoms with Crippen LogP contribution in [0.3, 0.4) is 0 Å². The summed E-state index contributed by atoms with van der Waals surface area (Å²) in [6.07, 6.45) is 1.79. The molecule has 0 spiro atoms. The lowest BCUT2D eigenvalue weighted by Gasteiger charge is -2.25. The second kappa shape index (κ2) is 12.6. The van der Waals surface area contributed by atoms with E-state index in [0.29, 0.717) is 11.4 Å². The van der Waals surface area contributed by atoms with Gasteiger partial charge >= 0.3 is 5.69 Å². The predicted octanol–water partition coefficient (Wildman–Crippen LogP) is 2.54. The van der Waals surface area contributed by atoms with Gasteiger partial charge in [-0.25, -0.2) is 4.79 Å². The van der Waals surface area contributed by atoms with E-state index in [0.717, 1.165) is 10.5 Å². The lowest BCUT2D eigenvalue weighted by Crippen LogP contribution is -2.43. The van der Waals surface area contributed by atoms with Gasteiger partial charge in [-0.3, -0.25) is 19.1 Å². The summed E-state index contributed by atoms with van der Waals surface area (Å²) in [5.74, 6) is 0.336. The number of para-hydroxylation sites is 1. The van der Waals surface area contributed by atoms with Crippen LogP contribution in [0.2, 0.25) is 0 Å². The summed E-state index contributed by atoms with van der Waals surface area (Å²) in [5, 5.41) is 2.90. The van der Waals surface area contributed by atoms with Crippen molar-refractivity contribution in [2.24, 2.45) is 0 Å². The summed E-state index contributed by atoms with van der Waals surface area (Å²) >= 11 is 1.55. The Bertz CT molecular complexity index is 1270. The van der Waals surface area contributed by atoms with Gasteiger partial charge in [0.25, 0.3) is 5.56 Å². The van der Waals surface area contributed by atoms with Crippen molar-refractivity contribution in [3.8, 4) is 0 Å². The van der Waals surface area contributed by atoms with Crippen molar-refractivity contribution in [1.29, 1.82) is 0 Å². The fourth-order valence-corrected chi connectivity index (χ4v) is 4.23. The zero-order chi connectivity index (χ0) is 25.2. The molecule has 9 nitrogen and oxygen atoms in total. The molecule has 10 heteroatoms. The topological polar surface area (TPSA) is 122 Å². The fraction of sp³-hybridized carbons (Fsp3) is 0.240. The molecule has 0 bridgehead atoms. The number of nitrogens with one attached hydrogen (secondary N) is 2. The number of hydrogen-bond donors (Lipinski definition) is 3. The quantitative estimate of drug-likeness (QED) is 0.261. The van der Waals surface area contributed by atoms with E-state index in [-0.39, 0.29) is 43.7 Å². The van der Waals surface area contributed by atoms with Crippen molar-refractivity contribution in [2.75, 3.05) is 48.5 Å². The first kappa shape index (κ1) is 25.9. The minimum absolute atomic E-state index is 0.0200. The number of nitrogens with two attached hydrogens (primary N) is 1. The standard InChI is InChI=1S/C25H29N5O4S/c1-3-15-35-20-12-8-7-11-19(20)27-21(31)17-29(13-14-34-2)22-23(26)30(25(33)28-24(22)32)16-18-9-5-4-6-10-18/h3-12H,1,13-17,26H2,2H3,(H,27,31)(H,28,32,33). The Morgan fingerprint density at radius 2 is 1.91 bits per heavy atom. The van der Waals surface area contributed by atoms with Gasteiger partial charge in [0, 0.05) is 24.3 Å². The number of H-pyrrole nitrogens is 1. The minimum Gasteiger partial charge on any atom is -0.383 e. The first-order valence-electron chi connectivity index (χ1n) is 11.0. The maximum absolute atomic E-state index is 13.0. The van der Waals surface area contributed by atoms with Gasteiger partial charge < -0.3 is 20.7 Å². The Hall–Kier alpha value is -3.76. The van der Waals surface area contributed by atoms with Crippen molar-refractivity contribution < 1.29 is 9.53 Å². The normalized spacial score (nSPS) is 10.7. The number of aromatic amines is 1. The van der Waals surface area contributed by atoms with E-state index in [2.05, 4.69) is 16.9 Å². The van der Waals surface area contributed by atoms with E-state index < -0.39 is 11.2 Å². The smallest absolute Gasteiger partial charge is 0.330 e. The number of thioether (sulfide) groups is 1. The van der Waals surface area contributed by atoms with Gasteiger partial charge in [-0.2, -0.15) is 0 Å². The summed E-state index contributed by atoms with van der Waals surface area (Å²) in [6, 6.07) is 16.7. The average molecular weight is 496 g/mol. The van der Waals surface area contributed by atoms with Crippen molar-refractivity contribution in [2.45, 2.75) is 11.4 Å². The largest absolute Gasteiger partial charge is 0.383 e. The average Bonchev–Trinajstić information content (AvgIpc) is 2.85. The molecule has 3 rings (SSSR count). The van der Waals surface area contributed by atoms with E-state index in [1.54, 1.807) is 17.8 Å². The number of nitrogens with zero attached hydrogens (tertiary/aromatic N) is 2. The highest BCUT2D eigenvalue weighted by Gasteiger charge is 2.21. The van der Waals surface area contributed by atoms with E-state index in [1.807, 2.05) is 54.6 Å². The Morgan fingerprint density at radius 3 is 2.63 bits per heavy atom. The highest BCUT2D eigenvalue weighted by atomic mass is 32.2. The number of aromatic nitrogens is 2. The van der Waals surface area contributed by atoms with Crippen molar-refractivity contribution in [3.05, 3.63) is 93.7 Å². The lowest BCUT2D eigenvalue weighted by atomic mass is 10.2. The molecule has 0 saturated heterocycles. The molecular weight excluding hydrogens is 466 g/mol. The molecule has 4 N–H and O–H groups in total. The first-order chi connectivity index (χ1) is 16.9. The molecule has 184 valence electrons. The molecule has 35 heavy (non-hydrogen) atoms. The second-order valence-electron chi connectivity index (χ2n) is 7.62. The molecule has 0 saturated carbocycles. The molecule has 0 aliphatic heterocycles. The van der Waals surface area contributed by atoms with Crippen LogP contribution in [0.25, 0.3) is 0 Å². The summed E-state index contributed by atoms with van der Waals surface area (Å²) in [7, 11) is 1.52. The molecule has 0 atom stereocenters. The fourth-order valence-electron chi connectivity index (χ4n) is 3.48. The van der Waals surface area contributed by atoms with E-state index in [1.165, 1.54) is 16.6 Å². The highest BCUT2D eigenvalue weighted by molar-refractivity contribution is 7.99. The van der Waals surface area contributed by atoms with Crippen LogP contribution in [-0.2, 0) is 16.1 Å². The second-order valence-corrected chi connectivity index (χ2v) is 8.69. The Kier molecular flexibility index (Phi) is 9.33. The van der Waals surface area contributed by atoms with Crippen LogP contribution in [0.4, 0.5) is 17.2 Å². The molecule has 0 radical (unpaired) electrons. The van der Waals surface area contributed by atoms with E-state index >= 15 is 0 Å². The predicted molar refractivity (Wildman–Crippen MR) is 141 cm³/mol. The molecule has 0 aliphatic rings. The van der Waals surface area contributed by atoms with Crippen LogP contribution in [0.1, 0.15) is 5.56 Å². The SMILES string of the molecule is C=CCSc1ccccc1NC(=O)CN(CCOC)c1c(N)n(Cc2ccccc2)c(=O)[nH]c1=O. The molecule has 1 heterocycles. The number of anilines is 3. The van der Waals surface area contributed by atoms with Crippen molar-refractivity contribution in [1.82, 2.24) is 9.55 Å². The van der Waals surface area contributed by atoms with Crippen LogP contribution >= 0.6 is 11.8 Å². The van der Waals surface area contributed by atoms with E-state index in [9.17, 15) is 14.4 Å². The van der Waals surface area contributed by atoms with Crippen LogP contribution in [-0.4, -0.2) is 48.0 Å². The number of nitrogen functional groups attached to an aromatic ring is 1. The van der Waals surface area contributed by atoms with Gasteiger partial charge in [0.05, 0.1) is 25.4 Å². The van der Waals surface area contributed by atoms with Gasteiger partial charge in [-0.05, 0) is 17.7 Å². The third kappa shape index (κ3) is 6.87. The maximum atomic E-state index is 13.0. The Balaban J connectivity index is 1.90. The van der Waals surface area contributed by atoms with Crippen LogP contribution < -0.4 is 27.2 Å². The molecular formula is C25H29N5O4S. The first-order valence-corrected chi connectivity index (χ1v) is 12.0. The zero-order valence-electron chi connectivity index (χ0n) is 19.5. The van der Waals surface area contributed by atoms with Gasteiger partial charge in [0.15, 0.2) is 0 Å². The molecule has 1 amide bonds. The highest BCUT2D eigenvalue weighted by Crippen LogP contribution is 2.27. The maximum Gasteiger partial charge on any atom is 0.330 e. The molecule has 3 aromatic rings. The monoisotopic (exact) mass is 495 g/mol. The van der Waals surface area contributed by atoms with Crippen molar-refractivity contribution in [3.63, 3.8) is 0 Å². The molecule has 0 fully saturated rings. The van der Waals surface area contributed by atoms with Crippen LogP contribution in [0.5, 0.6) is 0 Å². The lowest BCUT2D eigenvalue weighted by molar-refractivity contribution is -0.115. The molecule has 2 aromatic carbocycles. The number of rotatable bonds is 12. The van der Waals surface area contributed by atoms with Gasteiger partial charge in [0.2, 0.25) is 5.91 Å². The number of hydrogen-bond acceptors (Lipinski definition) is 7. The van der Waals surface area contributed by atoms with E-state index in [4.69, 9.17) is 10.5 Å². The zero-order valence-corrected chi connectivity index (χ0v) is 20.3. The number of benzene rings is 2. The number of ether oxygens (including phenoxy) is 1. The van der Waals surface area contributed by atoms with Crippen LogP contribution in [0, 0.1) is 0 Å². The number of amides is 1. The Morgan fingerprint density at radius 1 is 1.20 bits per heavy atom. The summed E-state index contributed by atoms with van der Waals surface area (Å²) < 4.78 is 6.46. The molecule has 1 aromatic heterocycles. The molecule has 0 aliphatic carbocycles.